The third kappa shape index (κ3) is 4.25. The Morgan fingerprint density at radius 1 is 1.28 bits per heavy atom. The standard InChI is InChI=1S/C14H15NO3/c1-15(12-7-3-2-4-8-12)13(11-14(17)18)9-5-6-10-16/h2-10H,11H2,1H3,(H,17,18)/p-1/b6-5+,13-9-. The largest absolute Gasteiger partial charge is 0.550 e. The third-order valence-electron chi connectivity index (χ3n) is 2.38. The minimum absolute atomic E-state index is 0.214. The second kappa shape index (κ2) is 7.06. The molecule has 4 heteroatoms. The summed E-state index contributed by atoms with van der Waals surface area (Å²) in [5.41, 5.74) is 1.41. The highest BCUT2D eigenvalue weighted by Gasteiger charge is 2.06. The zero-order chi connectivity index (χ0) is 13.4. The van der Waals surface area contributed by atoms with Crippen LogP contribution in [0.3, 0.4) is 0 Å². The van der Waals surface area contributed by atoms with Crippen LogP contribution in [0.25, 0.3) is 0 Å². The monoisotopic (exact) mass is 244 g/mol. The summed E-state index contributed by atoms with van der Waals surface area (Å²) in [5, 5.41) is 10.7. The van der Waals surface area contributed by atoms with Crippen LogP contribution in [-0.2, 0) is 9.59 Å². The highest BCUT2D eigenvalue weighted by atomic mass is 16.4. The molecule has 94 valence electrons. The van der Waals surface area contributed by atoms with E-state index >= 15 is 0 Å². The molecule has 0 aromatic heterocycles. The molecule has 0 aliphatic carbocycles. The second-order valence-electron chi connectivity index (χ2n) is 3.62. The molecule has 1 rings (SSSR count). The van der Waals surface area contributed by atoms with Gasteiger partial charge >= 0.3 is 0 Å². The van der Waals surface area contributed by atoms with Crippen molar-refractivity contribution in [1.29, 1.82) is 0 Å². The van der Waals surface area contributed by atoms with E-state index in [1.54, 1.807) is 18.0 Å². The Morgan fingerprint density at radius 2 is 1.94 bits per heavy atom. The summed E-state index contributed by atoms with van der Waals surface area (Å²) in [4.78, 5) is 22.6. The first-order valence-corrected chi connectivity index (χ1v) is 5.44. The normalized spacial score (nSPS) is 11.5. The van der Waals surface area contributed by atoms with Crippen molar-refractivity contribution in [2.24, 2.45) is 0 Å². The number of carboxylic acids is 1. The van der Waals surface area contributed by atoms with Crippen LogP contribution in [0.2, 0.25) is 0 Å². The van der Waals surface area contributed by atoms with Gasteiger partial charge in [0.25, 0.3) is 0 Å². The maximum Gasteiger partial charge on any atom is 0.142 e. The first kappa shape index (κ1) is 13.7. The van der Waals surface area contributed by atoms with E-state index in [2.05, 4.69) is 0 Å². The number of carbonyl (C=O) groups is 2. The van der Waals surface area contributed by atoms with Crippen LogP contribution < -0.4 is 10.0 Å². The number of para-hydroxylation sites is 1. The highest BCUT2D eigenvalue weighted by Crippen LogP contribution is 2.18. The van der Waals surface area contributed by atoms with Gasteiger partial charge in [-0.3, -0.25) is 4.79 Å². The van der Waals surface area contributed by atoms with Gasteiger partial charge in [0.05, 0.1) is 0 Å². The molecule has 1 aromatic rings. The molecule has 0 aliphatic rings. The van der Waals surface area contributed by atoms with Gasteiger partial charge in [0.2, 0.25) is 0 Å². The lowest BCUT2D eigenvalue weighted by Gasteiger charge is -2.23. The van der Waals surface area contributed by atoms with E-state index in [-0.39, 0.29) is 6.42 Å². The van der Waals surface area contributed by atoms with Gasteiger partial charge in [0, 0.05) is 30.8 Å². The Hall–Kier alpha value is -2.36. The topological polar surface area (TPSA) is 60.4 Å². The number of nitrogens with zero attached hydrogens (tertiary/aromatic N) is 1. The highest BCUT2D eigenvalue weighted by molar-refractivity contribution is 5.71. The fraction of sp³-hybridized carbons (Fsp3) is 0.143. The lowest BCUT2D eigenvalue weighted by Crippen LogP contribution is -2.27. The van der Waals surface area contributed by atoms with Crippen molar-refractivity contribution in [3.63, 3.8) is 0 Å². The lowest BCUT2D eigenvalue weighted by molar-refractivity contribution is -0.304. The number of hydrogen-bond donors (Lipinski definition) is 0. The number of anilines is 1. The van der Waals surface area contributed by atoms with Gasteiger partial charge in [-0.05, 0) is 24.3 Å². The summed E-state index contributed by atoms with van der Waals surface area (Å²) in [5.74, 6) is -1.16. The van der Waals surface area contributed by atoms with Crippen molar-refractivity contribution in [3.05, 3.63) is 54.3 Å². The Kier molecular flexibility index (Phi) is 5.38. The van der Waals surface area contributed by atoms with Gasteiger partial charge in [-0.2, -0.15) is 0 Å². The number of carbonyl (C=O) groups excluding carboxylic acids is 2. The van der Waals surface area contributed by atoms with E-state index in [1.807, 2.05) is 30.3 Å². The van der Waals surface area contributed by atoms with Crippen LogP contribution in [-0.4, -0.2) is 19.3 Å². The molecule has 18 heavy (non-hydrogen) atoms. The Labute approximate surface area is 106 Å². The molecule has 0 amide bonds. The molecule has 0 spiro atoms. The van der Waals surface area contributed by atoms with Crippen molar-refractivity contribution in [3.8, 4) is 0 Å². The molecule has 0 bridgehead atoms. The van der Waals surface area contributed by atoms with E-state index in [0.717, 1.165) is 5.69 Å². The van der Waals surface area contributed by atoms with Crippen LogP contribution in [0, 0.1) is 0 Å². The van der Waals surface area contributed by atoms with Crippen LogP contribution in [0.15, 0.2) is 54.3 Å². The number of rotatable bonds is 6. The van der Waals surface area contributed by atoms with Gasteiger partial charge in [-0.1, -0.05) is 24.3 Å². The summed E-state index contributed by atoms with van der Waals surface area (Å²) in [6.07, 6.45) is 4.81. The van der Waals surface area contributed by atoms with Crippen molar-refractivity contribution in [2.45, 2.75) is 6.42 Å². The van der Waals surface area contributed by atoms with E-state index in [4.69, 9.17) is 0 Å². The van der Waals surface area contributed by atoms with Crippen LogP contribution in [0.5, 0.6) is 0 Å². The Bertz CT molecular complexity index is 463. The van der Waals surface area contributed by atoms with E-state index in [1.165, 1.54) is 12.2 Å². The fourth-order valence-corrected chi connectivity index (χ4v) is 1.47. The zero-order valence-electron chi connectivity index (χ0n) is 10.1. The molecule has 0 fully saturated rings. The molecule has 1 aromatic carbocycles. The summed E-state index contributed by atoms with van der Waals surface area (Å²) >= 11 is 0. The Balaban J connectivity index is 2.95. The van der Waals surface area contributed by atoms with Crippen LogP contribution >= 0.6 is 0 Å². The number of aldehydes is 1. The Morgan fingerprint density at radius 3 is 2.50 bits per heavy atom. The van der Waals surface area contributed by atoms with Gasteiger partial charge in [0.15, 0.2) is 0 Å². The molecular formula is C14H14NO3-. The maximum atomic E-state index is 10.7. The SMILES string of the molecule is CN(/C(=C\C=C\C=O)CC(=O)[O-])c1ccccc1. The summed E-state index contributed by atoms with van der Waals surface area (Å²) in [6.45, 7) is 0. The van der Waals surface area contributed by atoms with E-state index < -0.39 is 5.97 Å². The minimum atomic E-state index is -1.16. The molecule has 0 aliphatic heterocycles. The minimum Gasteiger partial charge on any atom is -0.550 e. The molecule has 0 N–H and O–H groups in total. The molecule has 0 atom stereocenters. The van der Waals surface area contributed by atoms with Crippen LogP contribution in [0.1, 0.15) is 6.42 Å². The van der Waals surface area contributed by atoms with Crippen molar-refractivity contribution < 1.29 is 14.7 Å². The fourth-order valence-electron chi connectivity index (χ4n) is 1.47. The predicted octanol–water partition coefficient (Wildman–Crippen LogP) is 0.902. The number of allylic oxidation sites excluding steroid dienone is 3. The van der Waals surface area contributed by atoms with Gasteiger partial charge < -0.3 is 14.8 Å². The lowest BCUT2D eigenvalue weighted by atomic mass is 10.2. The smallest absolute Gasteiger partial charge is 0.142 e. The van der Waals surface area contributed by atoms with Gasteiger partial charge in [0.1, 0.15) is 6.29 Å². The van der Waals surface area contributed by atoms with E-state index in [0.29, 0.717) is 12.0 Å². The zero-order valence-corrected chi connectivity index (χ0v) is 10.1. The van der Waals surface area contributed by atoms with Crippen molar-refractivity contribution in [2.75, 3.05) is 11.9 Å². The van der Waals surface area contributed by atoms with Crippen LogP contribution in [0.4, 0.5) is 5.69 Å². The molecular weight excluding hydrogens is 230 g/mol. The first-order valence-electron chi connectivity index (χ1n) is 5.44. The second-order valence-corrected chi connectivity index (χ2v) is 3.62. The average Bonchev–Trinajstić information content (AvgIpc) is 2.37. The van der Waals surface area contributed by atoms with Crippen molar-refractivity contribution >= 4 is 17.9 Å². The van der Waals surface area contributed by atoms with Gasteiger partial charge in [-0.15, -0.1) is 0 Å². The molecule has 4 nitrogen and oxygen atoms in total. The molecule has 0 saturated heterocycles. The molecule has 0 heterocycles. The number of benzene rings is 1. The quantitative estimate of drug-likeness (QED) is 0.424. The summed E-state index contributed by atoms with van der Waals surface area (Å²) in [6, 6.07) is 9.35. The van der Waals surface area contributed by atoms with Gasteiger partial charge in [-0.25, -0.2) is 0 Å². The molecule has 0 radical (unpaired) electrons. The molecule has 0 saturated carbocycles. The average molecular weight is 244 g/mol. The number of aliphatic carboxylic acids is 1. The molecule has 0 unspecified atom stereocenters. The first-order chi connectivity index (χ1) is 8.65. The maximum absolute atomic E-state index is 10.7. The summed E-state index contributed by atoms with van der Waals surface area (Å²) in [7, 11) is 1.76. The summed E-state index contributed by atoms with van der Waals surface area (Å²) < 4.78 is 0. The van der Waals surface area contributed by atoms with E-state index in [9.17, 15) is 14.7 Å². The number of hydrogen-bond acceptors (Lipinski definition) is 4. The predicted molar refractivity (Wildman–Crippen MR) is 67.8 cm³/mol. The third-order valence-corrected chi connectivity index (χ3v) is 2.38. The number of carboxylic acid groups (broad SMARTS) is 1. The van der Waals surface area contributed by atoms with Crippen molar-refractivity contribution in [1.82, 2.24) is 0 Å².